The number of alkyl halides is 3. The smallest absolute Gasteiger partial charge is 0.368 e. The summed E-state index contributed by atoms with van der Waals surface area (Å²) in [5.74, 6) is -0.412. The largest absolute Gasteiger partial charge is 0.438 e. The predicted molar refractivity (Wildman–Crippen MR) is 87.0 cm³/mol. The summed E-state index contributed by atoms with van der Waals surface area (Å²) in [5, 5.41) is 14.9. The van der Waals surface area contributed by atoms with Crippen LogP contribution < -0.4 is 10.7 Å². The van der Waals surface area contributed by atoms with Gasteiger partial charge in [-0.1, -0.05) is 29.8 Å². The molecule has 0 spiro atoms. The van der Waals surface area contributed by atoms with Gasteiger partial charge in [-0.15, -0.1) is 0 Å². The zero-order valence-corrected chi connectivity index (χ0v) is 13.5. The first kappa shape index (κ1) is 17.2. The highest BCUT2D eigenvalue weighted by Gasteiger charge is 2.62. The summed E-state index contributed by atoms with van der Waals surface area (Å²) in [4.78, 5) is 7.62. The molecule has 9 heteroatoms. The topological polar surface area (TPSA) is 87.6 Å². The number of rotatable bonds is 2. The van der Waals surface area contributed by atoms with Gasteiger partial charge in [0.15, 0.2) is 5.82 Å². The zero-order chi connectivity index (χ0) is 18.4. The van der Waals surface area contributed by atoms with E-state index in [1.165, 1.54) is 6.07 Å². The van der Waals surface area contributed by atoms with Gasteiger partial charge in [0.05, 0.1) is 12.1 Å². The van der Waals surface area contributed by atoms with E-state index in [2.05, 4.69) is 15.1 Å². The first-order chi connectivity index (χ1) is 11.6. The third-order valence-electron chi connectivity index (χ3n) is 3.90. The van der Waals surface area contributed by atoms with Crippen molar-refractivity contribution in [2.45, 2.75) is 32.2 Å². The van der Waals surface area contributed by atoms with Crippen molar-refractivity contribution in [1.82, 2.24) is 9.97 Å². The number of aromatic nitrogens is 2. The van der Waals surface area contributed by atoms with Crippen molar-refractivity contribution in [3.63, 3.8) is 0 Å². The number of aryl methyl sites for hydroxylation is 2. The Labute approximate surface area is 141 Å². The normalized spacial score (nSPS) is 20.7. The molecule has 0 radical (unpaired) electrons. The number of hydrazone groups is 1. The van der Waals surface area contributed by atoms with Crippen LogP contribution in [0.5, 0.6) is 0 Å². The van der Waals surface area contributed by atoms with Gasteiger partial charge in [0, 0.05) is 11.8 Å². The Balaban J connectivity index is 2.11. The van der Waals surface area contributed by atoms with Crippen LogP contribution in [-0.4, -0.2) is 32.7 Å². The molecule has 2 heterocycles. The number of benzene rings is 1. The second-order valence-electron chi connectivity index (χ2n) is 5.94. The SMILES string of the molecule is Cc1ccc(C2=NN(c3cc(C)nc(N)n3)C(O)(C(F)(F)F)C2)cc1. The van der Waals surface area contributed by atoms with Gasteiger partial charge < -0.3 is 10.8 Å². The highest BCUT2D eigenvalue weighted by Crippen LogP contribution is 2.43. The van der Waals surface area contributed by atoms with Gasteiger partial charge in [0.2, 0.25) is 5.95 Å². The summed E-state index contributed by atoms with van der Waals surface area (Å²) in [7, 11) is 0. The van der Waals surface area contributed by atoms with Gasteiger partial charge in [-0.2, -0.15) is 23.3 Å². The van der Waals surface area contributed by atoms with E-state index in [0.717, 1.165) is 5.56 Å². The number of aliphatic hydroxyl groups is 1. The summed E-state index contributed by atoms with van der Waals surface area (Å²) in [6.45, 7) is 3.43. The first-order valence-corrected chi connectivity index (χ1v) is 7.45. The molecule has 1 aliphatic rings. The summed E-state index contributed by atoms with van der Waals surface area (Å²) < 4.78 is 40.8. The predicted octanol–water partition coefficient (Wildman–Crippen LogP) is 2.54. The van der Waals surface area contributed by atoms with Crippen LogP contribution in [-0.2, 0) is 0 Å². The average Bonchev–Trinajstić information content (AvgIpc) is 2.86. The van der Waals surface area contributed by atoms with Crippen molar-refractivity contribution in [3.05, 3.63) is 47.2 Å². The fourth-order valence-corrected chi connectivity index (χ4v) is 2.60. The lowest BCUT2D eigenvalue weighted by atomic mass is 10.00. The maximum absolute atomic E-state index is 13.6. The van der Waals surface area contributed by atoms with Crippen molar-refractivity contribution < 1.29 is 18.3 Å². The Bertz CT molecular complexity index is 814. The molecule has 0 saturated heterocycles. The van der Waals surface area contributed by atoms with Gasteiger partial charge in [-0.05, 0) is 19.4 Å². The number of nitrogens with two attached hydrogens (primary N) is 1. The Hall–Kier alpha value is -2.68. The van der Waals surface area contributed by atoms with E-state index in [4.69, 9.17) is 5.73 Å². The van der Waals surface area contributed by atoms with Crippen molar-refractivity contribution in [3.8, 4) is 0 Å². The van der Waals surface area contributed by atoms with E-state index in [1.807, 2.05) is 6.92 Å². The van der Waals surface area contributed by atoms with E-state index < -0.39 is 18.3 Å². The second kappa shape index (κ2) is 5.69. The van der Waals surface area contributed by atoms with E-state index >= 15 is 0 Å². The number of nitrogens with zero attached hydrogens (tertiary/aromatic N) is 4. The molecule has 1 aromatic heterocycles. The standard InChI is InChI=1S/C16H16F3N5O/c1-9-3-5-11(6-4-9)12-8-15(25,16(17,18)19)24(23-12)13-7-10(2)21-14(20)22-13/h3-7,25H,8H2,1-2H3,(H2,20,21,22). The van der Waals surface area contributed by atoms with Crippen molar-refractivity contribution >= 4 is 17.5 Å². The number of hydrogen-bond donors (Lipinski definition) is 2. The Morgan fingerprint density at radius 2 is 1.80 bits per heavy atom. The third-order valence-corrected chi connectivity index (χ3v) is 3.90. The Kier molecular flexibility index (Phi) is 3.91. The molecule has 2 aromatic rings. The van der Waals surface area contributed by atoms with Crippen molar-refractivity contribution in [2.24, 2.45) is 5.10 Å². The number of halogens is 3. The van der Waals surface area contributed by atoms with Crippen LogP contribution in [0.2, 0.25) is 0 Å². The van der Waals surface area contributed by atoms with E-state index in [1.54, 1.807) is 31.2 Å². The number of hydrogen-bond acceptors (Lipinski definition) is 6. The van der Waals surface area contributed by atoms with Crippen molar-refractivity contribution in [2.75, 3.05) is 10.7 Å². The minimum atomic E-state index is -4.95. The van der Waals surface area contributed by atoms with Gasteiger partial charge in [-0.25, -0.2) is 9.99 Å². The monoisotopic (exact) mass is 351 g/mol. The fraction of sp³-hybridized carbons (Fsp3) is 0.312. The number of nitrogen functional groups attached to an aromatic ring is 1. The molecule has 0 saturated carbocycles. The highest BCUT2D eigenvalue weighted by atomic mass is 19.4. The minimum Gasteiger partial charge on any atom is -0.368 e. The van der Waals surface area contributed by atoms with Crippen LogP contribution in [0.1, 0.15) is 23.2 Å². The van der Waals surface area contributed by atoms with E-state index in [9.17, 15) is 18.3 Å². The Morgan fingerprint density at radius 3 is 2.36 bits per heavy atom. The minimum absolute atomic E-state index is 0.106. The van der Waals surface area contributed by atoms with E-state index in [0.29, 0.717) is 16.3 Å². The molecule has 1 unspecified atom stereocenters. The molecule has 3 N–H and O–H groups in total. The first-order valence-electron chi connectivity index (χ1n) is 7.45. The molecular formula is C16H16F3N5O. The molecule has 0 aliphatic carbocycles. The summed E-state index contributed by atoms with van der Waals surface area (Å²) in [5.41, 5.74) is 4.25. The lowest BCUT2D eigenvalue weighted by molar-refractivity contribution is -0.254. The molecule has 0 amide bonds. The van der Waals surface area contributed by atoms with Gasteiger partial charge >= 0.3 is 6.18 Å². The van der Waals surface area contributed by atoms with Crippen LogP contribution in [0.3, 0.4) is 0 Å². The maximum Gasteiger partial charge on any atom is 0.438 e. The van der Waals surface area contributed by atoms with Gasteiger partial charge in [0.1, 0.15) is 0 Å². The van der Waals surface area contributed by atoms with E-state index in [-0.39, 0.29) is 17.5 Å². The summed E-state index contributed by atoms with van der Waals surface area (Å²) >= 11 is 0. The van der Waals surface area contributed by atoms with Crippen LogP contribution in [0.25, 0.3) is 0 Å². The van der Waals surface area contributed by atoms with Crippen LogP contribution in [0.15, 0.2) is 35.4 Å². The Morgan fingerprint density at radius 1 is 1.16 bits per heavy atom. The highest BCUT2D eigenvalue weighted by molar-refractivity contribution is 6.03. The maximum atomic E-state index is 13.6. The summed E-state index contributed by atoms with van der Waals surface area (Å²) in [6, 6.07) is 8.14. The van der Waals surface area contributed by atoms with Crippen LogP contribution in [0, 0.1) is 13.8 Å². The van der Waals surface area contributed by atoms with Crippen LogP contribution >= 0.6 is 0 Å². The molecular weight excluding hydrogens is 335 g/mol. The second-order valence-corrected chi connectivity index (χ2v) is 5.94. The molecule has 0 fully saturated rings. The lowest BCUT2D eigenvalue weighted by Gasteiger charge is -2.33. The quantitative estimate of drug-likeness (QED) is 0.868. The molecule has 3 rings (SSSR count). The molecule has 1 aliphatic heterocycles. The molecule has 25 heavy (non-hydrogen) atoms. The summed E-state index contributed by atoms with van der Waals surface area (Å²) in [6.07, 6.45) is -5.67. The number of anilines is 2. The molecule has 0 bridgehead atoms. The molecule has 1 aromatic carbocycles. The van der Waals surface area contributed by atoms with Gasteiger partial charge in [0.25, 0.3) is 5.72 Å². The average molecular weight is 351 g/mol. The molecule has 1 atom stereocenters. The van der Waals surface area contributed by atoms with Crippen LogP contribution in [0.4, 0.5) is 24.9 Å². The molecule has 132 valence electrons. The zero-order valence-electron chi connectivity index (χ0n) is 13.5. The fourth-order valence-electron chi connectivity index (χ4n) is 2.60. The van der Waals surface area contributed by atoms with Gasteiger partial charge in [-0.3, -0.25) is 0 Å². The van der Waals surface area contributed by atoms with Crippen molar-refractivity contribution in [1.29, 1.82) is 0 Å². The molecule has 6 nitrogen and oxygen atoms in total. The third kappa shape index (κ3) is 3.02. The lowest BCUT2D eigenvalue weighted by Crippen LogP contribution is -2.55.